The fourth-order valence-electron chi connectivity index (χ4n) is 3.30. The van der Waals surface area contributed by atoms with E-state index < -0.39 is 0 Å². The molecule has 1 saturated carbocycles. The van der Waals surface area contributed by atoms with E-state index in [2.05, 4.69) is 36.9 Å². The summed E-state index contributed by atoms with van der Waals surface area (Å²) in [6.07, 6.45) is 1.92. The molecule has 0 heterocycles. The third kappa shape index (κ3) is 2.21. The quantitative estimate of drug-likeness (QED) is 0.776. The number of hydrogen-bond acceptors (Lipinski definition) is 2. The van der Waals surface area contributed by atoms with Crippen LogP contribution in [0.25, 0.3) is 0 Å². The highest BCUT2D eigenvalue weighted by Gasteiger charge is 2.44. The van der Waals surface area contributed by atoms with Gasteiger partial charge in [-0.15, -0.1) is 0 Å². The lowest BCUT2D eigenvalue weighted by molar-refractivity contribution is 0.354. The Morgan fingerprint density at radius 1 is 0.952 bits per heavy atom. The van der Waals surface area contributed by atoms with E-state index in [9.17, 15) is 0 Å². The molecule has 0 unspecified atom stereocenters. The average Bonchev–Trinajstić information content (AvgIpc) is 2.52. The zero-order chi connectivity index (χ0) is 14.9. The minimum absolute atomic E-state index is 0.0434. The van der Waals surface area contributed by atoms with Crippen molar-refractivity contribution in [1.29, 1.82) is 0 Å². The van der Waals surface area contributed by atoms with Gasteiger partial charge in [0, 0.05) is 11.0 Å². The molecule has 0 bridgehead atoms. The Morgan fingerprint density at radius 3 is 2.24 bits per heavy atom. The molecule has 0 saturated heterocycles. The first-order chi connectivity index (χ1) is 10.2. The molecular formula is C19H20O2. The maximum Gasteiger partial charge on any atom is 0.123 e. The molecule has 2 nitrogen and oxygen atoms in total. The van der Waals surface area contributed by atoms with Crippen LogP contribution in [-0.4, -0.2) is 14.2 Å². The predicted octanol–water partition coefficient (Wildman–Crippen LogP) is 4.34. The molecule has 0 spiro atoms. The van der Waals surface area contributed by atoms with Crippen molar-refractivity contribution in [3.05, 3.63) is 71.8 Å². The van der Waals surface area contributed by atoms with Gasteiger partial charge in [-0.2, -0.15) is 0 Å². The highest BCUT2D eigenvalue weighted by atomic mass is 16.5. The summed E-state index contributed by atoms with van der Waals surface area (Å²) in [5.74, 6) is 1.77. The van der Waals surface area contributed by atoms with Crippen molar-refractivity contribution in [3.8, 4) is 11.5 Å². The lowest BCUT2D eigenvalue weighted by Crippen LogP contribution is -2.37. The Balaban J connectivity index is 2.16. The van der Waals surface area contributed by atoms with Crippen molar-refractivity contribution >= 4 is 0 Å². The van der Waals surface area contributed by atoms with Crippen LogP contribution < -0.4 is 9.47 Å². The third-order valence-electron chi connectivity index (χ3n) is 4.35. The van der Waals surface area contributed by atoms with E-state index in [0.29, 0.717) is 0 Å². The summed E-state index contributed by atoms with van der Waals surface area (Å²) >= 11 is 0. The molecule has 1 aliphatic carbocycles. The zero-order valence-electron chi connectivity index (χ0n) is 12.6. The summed E-state index contributed by atoms with van der Waals surface area (Å²) < 4.78 is 11.0. The molecule has 21 heavy (non-hydrogen) atoms. The number of hydrogen-bond donors (Lipinski definition) is 0. The smallest absolute Gasteiger partial charge is 0.123 e. The van der Waals surface area contributed by atoms with Gasteiger partial charge in [0.15, 0.2) is 0 Å². The molecule has 2 aromatic rings. The van der Waals surface area contributed by atoms with Crippen molar-refractivity contribution in [2.24, 2.45) is 0 Å². The first-order valence-electron chi connectivity index (χ1n) is 7.14. The Kier molecular flexibility index (Phi) is 3.46. The monoisotopic (exact) mass is 280 g/mol. The highest BCUT2D eigenvalue weighted by molar-refractivity contribution is 5.55. The number of allylic oxidation sites excluding steroid dienone is 1. The van der Waals surface area contributed by atoms with Crippen LogP contribution >= 0.6 is 0 Å². The number of benzene rings is 2. The number of rotatable bonds is 4. The van der Waals surface area contributed by atoms with Gasteiger partial charge in [0.1, 0.15) is 11.5 Å². The van der Waals surface area contributed by atoms with Crippen LogP contribution in [0.15, 0.2) is 60.7 Å². The molecule has 0 aromatic heterocycles. The molecule has 0 N–H and O–H groups in total. The third-order valence-corrected chi connectivity index (χ3v) is 4.35. The molecule has 0 radical (unpaired) electrons. The summed E-state index contributed by atoms with van der Waals surface area (Å²) in [6.45, 7) is 4.13. The van der Waals surface area contributed by atoms with Gasteiger partial charge in [-0.3, -0.25) is 0 Å². The lowest BCUT2D eigenvalue weighted by atomic mass is 9.58. The van der Waals surface area contributed by atoms with Crippen LogP contribution in [0.1, 0.15) is 24.0 Å². The normalized spacial score (nSPS) is 16.2. The molecule has 0 atom stereocenters. The Hall–Kier alpha value is -2.22. The average molecular weight is 280 g/mol. The second-order valence-electron chi connectivity index (χ2n) is 5.62. The van der Waals surface area contributed by atoms with Gasteiger partial charge in [-0.25, -0.2) is 0 Å². The fourth-order valence-corrected chi connectivity index (χ4v) is 3.30. The summed E-state index contributed by atoms with van der Waals surface area (Å²) in [5.41, 5.74) is 3.73. The van der Waals surface area contributed by atoms with Crippen molar-refractivity contribution < 1.29 is 9.47 Å². The number of methoxy groups -OCH3 is 2. The molecule has 1 aliphatic rings. The van der Waals surface area contributed by atoms with Gasteiger partial charge in [-0.05, 0) is 36.6 Å². The maximum absolute atomic E-state index is 5.60. The van der Waals surface area contributed by atoms with Crippen LogP contribution in [-0.2, 0) is 5.41 Å². The summed E-state index contributed by atoms with van der Waals surface area (Å²) in [7, 11) is 3.41. The zero-order valence-corrected chi connectivity index (χ0v) is 12.6. The molecule has 0 amide bonds. The summed E-state index contributed by atoms with van der Waals surface area (Å²) in [6, 6.07) is 16.6. The first-order valence-corrected chi connectivity index (χ1v) is 7.14. The van der Waals surface area contributed by atoms with E-state index in [1.807, 2.05) is 18.2 Å². The summed E-state index contributed by atoms with van der Waals surface area (Å²) in [5, 5.41) is 0. The van der Waals surface area contributed by atoms with Crippen molar-refractivity contribution in [1.82, 2.24) is 0 Å². The van der Waals surface area contributed by atoms with Crippen molar-refractivity contribution in [2.75, 3.05) is 14.2 Å². The second-order valence-corrected chi connectivity index (χ2v) is 5.62. The van der Waals surface area contributed by atoms with Gasteiger partial charge >= 0.3 is 0 Å². The predicted molar refractivity (Wildman–Crippen MR) is 85.1 cm³/mol. The second kappa shape index (κ2) is 5.28. The van der Waals surface area contributed by atoms with E-state index >= 15 is 0 Å². The molecular weight excluding hydrogens is 260 g/mol. The van der Waals surface area contributed by atoms with Gasteiger partial charge in [0.2, 0.25) is 0 Å². The SMILES string of the molecule is C=C1CC(c2ccccc2)(c2cc(OC)ccc2OC)C1. The van der Waals surface area contributed by atoms with Crippen LogP contribution in [0.3, 0.4) is 0 Å². The molecule has 108 valence electrons. The van der Waals surface area contributed by atoms with Crippen LogP contribution in [0, 0.1) is 0 Å². The van der Waals surface area contributed by atoms with Gasteiger partial charge in [0.25, 0.3) is 0 Å². The standard InChI is InChI=1S/C19H20O2/c1-14-12-19(13-14,15-7-5-4-6-8-15)17-11-16(20-2)9-10-18(17)21-3/h4-11H,1,12-13H2,2-3H3. The number of ether oxygens (including phenoxy) is 2. The van der Waals surface area contributed by atoms with Crippen molar-refractivity contribution in [3.63, 3.8) is 0 Å². The molecule has 2 heteroatoms. The van der Waals surface area contributed by atoms with Gasteiger partial charge in [0.05, 0.1) is 14.2 Å². The largest absolute Gasteiger partial charge is 0.497 e. The Labute approximate surface area is 126 Å². The topological polar surface area (TPSA) is 18.5 Å². The molecule has 0 aliphatic heterocycles. The van der Waals surface area contributed by atoms with E-state index in [1.54, 1.807) is 14.2 Å². The fraction of sp³-hybridized carbons (Fsp3) is 0.263. The maximum atomic E-state index is 5.60. The van der Waals surface area contributed by atoms with Crippen molar-refractivity contribution in [2.45, 2.75) is 18.3 Å². The van der Waals surface area contributed by atoms with Crippen LogP contribution in [0.2, 0.25) is 0 Å². The summed E-state index contributed by atoms with van der Waals surface area (Å²) in [4.78, 5) is 0. The lowest BCUT2D eigenvalue weighted by Gasteiger charge is -2.45. The molecule has 2 aromatic carbocycles. The molecule has 3 rings (SSSR count). The minimum Gasteiger partial charge on any atom is -0.497 e. The van der Waals surface area contributed by atoms with Gasteiger partial charge < -0.3 is 9.47 Å². The Morgan fingerprint density at radius 2 is 1.67 bits per heavy atom. The molecule has 1 fully saturated rings. The van der Waals surface area contributed by atoms with Crippen LogP contribution in [0.4, 0.5) is 0 Å². The Bertz CT molecular complexity index is 651. The van der Waals surface area contributed by atoms with Crippen LogP contribution in [0.5, 0.6) is 11.5 Å². The first kappa shape index (κ1) is 13.7. The van der Waals surface area contributed by atoms with Gasteiger partial charge in [-0.1, -0.05) is 42.5 Å². The van der Waals surface area contributed by atoms with E-state index in [-0.39, 0.29) is 5.41 Å². The minimum atomic E-state index is -0.0434. The van der Waals surface area contributed by atoms with E-state index in [0.717, 1.165) is 24.3 Å². The van der Waals surface area contributed by atoms with E-state index in [4.69, 9.17) is 9.47 Å². The van der Waals surface area contributed by atoms with E-state index in [1.165, 1.54) is 16.7 Å². The highest BCUT2D eigenvalue weighted by Crippen LogP contribution is 2.54.